The fraction of sp³-hybridized carbons (Fsp3) is 0.478. The molecule has 0 aromatic heterocycles. The zero-order chi connectivity index (χ0) is 24.5. The maximum atomic E-state index is 14.3. The second kappa shape index (κ2) is 12.3. The first-order chi connectivity index (χ1) is 15.7. The lowest BCUT2D eigenvalue weighted by Gasteiger charge is -2.17. The Labute approximate surface area is 196 Å². The van der Waals surface area contributed by atoms with Crippen LogP contribution in [0.3, 0.4) is 0 Å². The average molecular weight is 484 g/mol. The lowest BCUT2D eigenvalue weighted by Crippen LogP contribution is -2.32. The first-order valence-corrected chi connectivity index (χ1v) is 11.1. The van der Waals surface area contributed by atoms with Crippen LogP contribution in [0, 0.1) is 5.82 Å². The van der Waals surface area contributed by atoms with Crippen LogP contribution in [-0.2, 0) is 23.9 Å². The summed E-state index contributed by atoms with van der Waals surface area (Å²) in [5.41, 5.74) is 0.561. The van der Waals surface area contributed by atoms with Crippen LogP contribution in [0.25, 0.3) is 0 Å². The standard InChI is InChI=1S/C16H13ClFNO5.C7H14O2/c17-10-5-11(18)12(6-13(10)24-7-14(20)21)19-15(22)8-3-1-2-4-9(8)16(19)23;1-3-4-5-6-9-7(2)8/h5-6H,1-4,7H2,(H,20,21);3-6H2,1-2H3. The van der Waals surface area contributed by atoms with E-state index in [1.54, 1.807) is 0 Å². The number of hydrogen-bond donors (Lipinski definition) is 1. The molecule has 3 rings (SSSR count). The van der Waals surface area contributed by atoms with Crippen LogP contribution < -0.4 is 9.64 Å². The number of benzene rings is 1. The quantitative estimate of drug-likeness (QED) is 0.331. The molecule has 1 aromatic carbocycles. The molecule has 1 aliphatic heterocycles. The Morgan fingerprint density at radius 1 is 1.12 bits per heavy atom. The molecule has 0 radical (unpaired) electrons. The third-order valence-corrected chi connectivity index (χ3v) is 5.33. The van der Waals surface area contributed by atoms with Gasteiger partial charge in [0.05, 0.1) is 17.3 Å². The van der Waals surface area contributed by atoms with E-state index >= 15 is 0 Å². The van der Waals surface area contributed by atoms with E-state index in [-0.39, 0.29) is 22.4 Å². The second-order valence-corrected chi connectivity index (χ2v) is 7.98. The first kappa shape index (κ1) is 26.3. The number of imide groups is 1. The summed E-state index contributed by atoms with van der Waals surface area (Å²) in [6, 6.07) is 1.97. The lowest BCUT2D eigenvalue weighted by atomic mass is 9.93. The molecule has 0 bridgehead atoms. The van der Waals surface area contributed by atoms with Crippen LogP contribution in [-0.4, -0.2) is 42.1 Å². The topological polar surface area (TPSA) is 110 Å². The van der Waals surface area contributed by atoms with Crippen LogP contribution >= 0.6 is 11.6 Å². The van der Waals surface area contributed by atoms with Crippen molar-refractivity contribution in [1.29, 1.82) is 0 Å². The van der Waals surface area contributed by atoms with Gasteiger partial charge in [-0.3, -0.25) is 14.4 Å². The Balaban J connectivity index is 0.000000365. The minimum atomic E-state index is -1.23. The molecule has 180 valence electrons. The van der Waals surface area contributed by atoms with Crippen molar-refractivity contribution < 1.29 is 38.1 Å². The fourth-order valence-corrected chi connectivity index (χ4v) is 3.67. The molecule has 0 saturated carbocycles. The Kier molecular flexibility index (Phi) is 9.84. The molecule has 0 unspecified atom stereocenters. The number of nitrogens with zero attached hydrogens (tertiary/aromatic N) is 1. The normalized spacial score (nSPS) is 15.1. The number of unbranched alkanes of at least 4 members (excludes halogenated alkanes) is 2. The van der Waals surface area contributed by atoms with Gasteiger partial charge in [0.1, 0.15) is 11.6 Å². The summed E-state index contributed by atoms with van der Waals surface area (Å²) in [4.78, 5) is 46.5. The number of ether oxygens (including phenoxy) is 2. The molecular weight excluding hydrogens is 457 g/mol. The minimum Gasteiger partial charge on any atom is -0.480 e. The highest BCUT2D eigenvalue weighted by Crippen LogP contribution is 2.39. The molecule has 0 saturated heterocycles. The molecule has 2 aliphatic rings. The highest BCUT2D eigenvalue weighted by Gasteiger charge is 2.41. The van der Waals surface area contributed by atoms with E-state index < -0.39 is 30.2 Å². The number of esters is 1. The van der Waals surface area contributed by atoms with Gasteiger partial charge < -0.3 is 14.6 Å². The van der Waals surface area contributed by atoms with Crippen LogP contribution in [0.1, 0.15) is 58.8 Å². The third-order valence-electron chi connectivity index (χ3n) is 5.04. The number of halogens is 2. The van der Waals surface area contributed by atoms with Crippen molar-refractivity contribution in [2.45, 2.75) is 58.8 Å². The predicted molar refractivity (Wildman–Crippen MR) is 119 cm³/mol. The number of carbonyl (C=O) groups is 4. The molecule has 0 fully saturated rings. The molecule has 0 spiro atoms. The summed E-state index contributed by atoms with van der Waals surface area (Å²) in [6.07, 6.45) is 5.91. The van der Waals surface area contributed by atoms with E-state index in [0.717, 1.165) is 42.7 Å². The number of carboxylic acid groups (broad SMARTS) is 1. The number of rotatable bonds is 8. The van der Waals surface area contributed by atoms with Gasteiger partial charge >= 0.3 is 11.9 Å². The van der Waals surface area contributed by atoms with E-state index in [1.807, 2.05) is 0 Å². The van der Waals surface area contributed by atoms with Gasteiger partial charge in [0.2, 0.25) is 0 Å². The van der Waals surface area contributed by atoms with Gasteiger partial charge in [-0.05, 0) is 38.2 Å². The van der Waals surface area contributed by atoms with Gasteiger partial charge in [0, 0.05) is 24.1 Å². The summed E-state index contributed by atoms with van der Waals surface area (Å²) in [6.45, 7) is 3.46. The molecular formula is C23H27ClFNO7. The van der Waals surface area contributed by atoms with E-state index in [0.29, 0.717) is 30.6 Å². The van der Waals surface area contributed by atoms with Crippen molar-refractivity contribution in [2.75, 3.05) is 18.1 Å². The summed E-state index contributed by atoms with van der Waals surface area (Å²) in [5.74, 6) is -3.46. The highest BCUT2D eigenvalue weighted by molar-refractivity contribution is 6.34. The van der Waals surface area contributed by atoms with Crippen LogP contribution in [0.15, 0.2) is 23.3 Å². The van der Waals surface area contributed by atoms with Crippen LogP contribution in [0.4, 0.5) is 10.1 Å². The van der Waals surface area contributed by atoms with Crippen molar-refractivity contribution in [3.8, 4) is 5.75 Å². The van der Waals surface area contributed by atoms with Crippen molar-refractivity contribution in [3.05, 3.63) is 34.1 Å². The van der Waals surface area contributed by atoms with Crippen molar-refractivity contribution in [1.82, 2.24) is 0 Å². The number of anilines is 1. The molecule has 1 N–H and O–H groups in total. The zero-order valence-corrected chi connectivity index (χ0v) is 19.4. The third kappa shape index (κ3) is 7.02. The van der Waals surface area contributed by atoms with Crippen LogP contribution in [0.2, 0.25) is 5.02 Å². The lowest BCUT2D eigenvalue weighted by molar-refractivity contribution is -0.141. The maximum absolute atomic E-state index is 14.3. The summed E-state index contributed by atoms with van der Waals surface area (Å²) in [7, 11) is 0. The number of carboxylic acids is 1. The molecule has 1 aromatic rings. The molecule has 2 amide bonds. The fourth-order valence-electron chi connectivity index (χ4n) is 3.47. The predicted octanol–water partition coefficient (Wildman–Crippen LogP) is 4.43. The first-order valence-electron chi connectivity index (χ1n) is 10.7. The number of carbonyl (C=O) groups excluding carboxylic acids is 3. The molecule has 0 atom stereocenters. The second-order valence-electron chi connectivity index (χ2n) is 7.57. The summed E-state index contributed by atoms with van der Waals surface area (Å²) >= 11 is 5.83. The number of hydrogen-bond acceptors (Lipinski definition) is 6. The van der Waals surface area contributed by atoms with E-state index in [2.05, 4.69) is 6.92 Å². The minimum absolute atomic E-state index is 0.110. The Bertz CT molecular complexity index is 932. The number of aliphatic carboxylic acids is 1. The molecule has 8 nitrogen and oxygen atoms in total. The van der Waals surface area contributed by atoms with E-state index in [1.165, 1.54) is 13.3 Å². The molecule has 1 heterocycles. The Morgan fingerprint density at radius 2 is 1.73 bits per heavy atom. The van der Waals surface area contributed by atoms with Gasteiger partial charge in [-0.1, -0.05) is 31.4 Å². The highest BCUT2D eigenvalue weighted by atomic mass is 35.5. The smallest absolute Gasteiger partial charge is 0.341 e. The molecule has 1 aliphatic carbocycles. The number of amides is 2. The van der Waals surface area contributed by atoms with Gasteiger partial charge in [-0.25, -0.2) is 14.1 Å². The van der Waals surface area contributed by atoms with E-state index in [9.17, 15) is 23.6 Å². The molecule has 33 heavy (non-hydrogen) atoms. The maximum Gasteiger partial charge on any atom is 0.341 e. The SMILES string of the molecule is CCCCCOC(C)=O.O=C(O)COc1cc(N2C(=O)C3=C(CCCC3)C2=O)c(F)cc1Cl. The molecule has 10 heteroatoms. The van der Waals surface area contributed by atoms with Crippen molar-refractivity contribution in [3.63, 3.8) is 0 Å². The summed E-state index contributed by atoms with van der Waals surface area (Å²) < 4.78 is 24.0. The van der Waals surface area contributed by atoms with Crippen molar-refractivity contribution >= 4 is 41.0 Å². The Morgan fingerprint density at radius 3 is 2.24 bits per heavy atom. The summed E-state index contributed by atoms with van der Waals surface area (Å²) in [5, 5.41) is 8.51. The van der Waals surface area contributed by atoms with Gasteiger partial charge in [-0.2, -0.15) is 0 Å². The van der Waals surface area contributed by atoms with Crippen LogP contribution in [0.5, 0.6) is 5.75 Å². The van der Waals surface area contributed by atoms with Crippen molar-refractivity contribution in [2.24, 2.45) is 0 Å². The monoisotopic (exact) mass is 483 g/mol. The van der Waals surface area contributed by atoms with Gasteiger partial charge in [-0.15, -0.1) is 0 Å². The van der Waals surface area contributed by atoms with Gasteiger partial charge in [0.15, 0.2) is 6.61 Å². The zero-order valence-electron chi connectivity index (χ0n) is 18.6. The largest absolute Gasteiger partial charge is 0.480 e. The van der Waals surface area contributed by atoms with E-state index in [4.69, 9.17) is 26.2 Å². The Hall–Kier alpha value is -2.94. The average Bonchev–Trinajstić information content (AvgIpc) is 3.01. The van der Waals surface area contributed by atoms with Gasteiger partial charge in [0.25, 0.3) is 11.8 Å².